The molecule has 4 N–H and O–H groups in total. The van der Waals surface area contributed by atoms with Crippen LogP contribution in [0.15, 0.2) is 29.8 Å². The van der Waals surface area contributed by atoms with E-state index in [0.29, 0.717) is 5.56 Å². The topological polar surface area (TPSA) is 119 Å². The van der Waals surface area contributed by atoms with Crippen molar-refractivity contribution in [3.8, 4) is 6.07 Å². The minimum Gasteiger partial charge on any atom is -0.397 e. The molecular weight excluding hydrogens is 240 g/mol. The summed E-state index contributed by atoms with van der Waals surface area (Å²) in [7, 11) is 0. The maximum Gasteiger partial charge on any atom is 0.269 e. The maximum absolute atomic E-state index is 10.4. The first kappa shape index (κ1) is 12.6. The second-order valence-corrected chi connectivity index (χ2v) is 3.51. The summed E-state index contributed by atoms with van der Waals surface area (Å²) in [4.78, 5) is 9.82. The molecule has 0 amide bonds. The molecule has 0 fully saturated rings. The number of nitrogens with two attached hydrogens (primary N) is 2. The maximum atomic E-state index is 10.4. The Kier molecular flexibility index (Phi) is 3.74. The van der Waals surface area contributed by atoms with E-state index in [1.807, 2.05) is 0 Å². The van der Waals surface area contributed by atoms with Crippen LogP contribution in [0.3, 0.4) is 0 Å². The monoisotopic (exact) mass is 248 g/mol. The van der Waals surface area contributed by atoms with E-state index in [9.17, 15) is 10.1 Å². The van der Waals surface area contributed by atoms with Gasteiger partial charge in [0.05, 0.1) is 10.6 Å². The minimum absolute atomic E-state index is 0.00569. The number of benzene rings is 1. The van der Waals surface area contributed by atoms with Gasteiger partial charge in [0.15, 0.2) is 0 Å². The second-order valence-electron chi connectivity index (χ2n) is 3.07. The fraction of sp³-hybridized carbons (Fsp3) is 0. The zero-order valence-corrected chi connectivity index (χ0v) is 9.40. The molecule has 6 nitrogen and oxygen atoms in total. The van der Waals surface area contributed by atoms with Crippen molar-refractivity contribution in [3.05, 3.63) is 45.5 Å². The van der Waals surface area contributed by atoms with Gasteiger partial charge < -0.3 is 11.5 Å². The third-order valence-electron chi connectivity index (χ3n) is 2.02. The van der Waals surface area contributed by atoms with Gasteiger partial charge in [0.1, 0.15) is 16.6 Å². The van der Waals surface area contributed by atoms with Crippen LogP contribution in [0.1, 0.15) is 5.56 Å². The minimum atomic E-state index is -0.525. The van der Waals surface area contributed by atoms with Crippen molar-refractivity contribution >= 4 is 28.6 Å². The number of hydrogen-bond donors (Lipinski definition) is 2. The fourth-order valence-electron chi connectivity index (χ4n) is 1.16. The van der Waals surface area contributed by atoms with E-state index >= 15 is 0 Å². The SMILES string of the molecule is N#C/C(C(N)=S)=C(\N)c1ccc([N+](=O)[O-])cc1. The lowest BCUT2D eigenvalue weighted by Crippen LogP contribution is -2.15. The average molecular weight is 248 g/mol. The number of nitro groups is 1. The molecule has 1 aromatic rings. The Morgan fingerprint density at radius 2 is 1.88 bits per heavy atom. The van der Waals surface area contributed by atoms with Crippen LogP contribution < -0.4 is 11.5 Å². The van der Waals surface area contributed by atoms with E-state index < -0.39 is 4.92 Å². The van der Waals surface area contributed by atoms with E-state index in [1.54, 1.807) is 6.07 Å². The van der Waals surface area contributed by atoms with Crippen molar-refractivity contribution in [3.63, 3.8) is 0 Å². The van der Waals surface area contributed by atoms with Crippen LogP contribution in [-0.2, 0) is 0 Å². The molecule has 0 aromatic heterocycles. The molecule has 0 saturated heterocycles. The highest BCUT2D eigenvalue weighted by Crippen LogP contribution is 2.18. The quantitative estimate of drug-likeness (QED) is 0.271. The van der Waals surface area contributed by atoms with Crippen molar-refractivity contribution < 1.29 is 4.92 Å². The zero-order chi connectivity index (χ0) is 13.0. The molecule has 1 rings (SSSR count). The number of hydrogen-bond acceptors (Lipinski definition) is 5. The Morgan fingerprint density at radius 1 is 1.35 bits per heavy atom. The predicted octanol–water partition coefficient (Wildman–Crippen LogP) is 1.07. The van der Waals surface area contributed by atoms with Crippen molar-refractivity contribution in [2.75, 3.05) is 0 Å². The smallest absolute Gasteiger partial charge is 0.269 e. The summed E-state index contributed by atoms with van der Waals surface area (Å²) in [5.41, 5.74) is 11.5. The zero-order valence-electron chi connectivity index (χ0n) is 8.58. The lowest BCUT2D eigenvalue weighted by molar-refractivity contribution is -0.384. The molecule has 0 saturated carbocycles. The lowest BCUT2D eigenvalue weighted by atomic mass is 10.1. The van der Waals surface area contributed by atoms with Crippen LogP contribution in [-0.4, -0.2) is 9.91 Å². The van der Waals surface area contributed by atoms with Gasteiger partial charge in [-0.1, -0.05) is 12.2 Å². The molecule has 0 unspecified atom stereocenters. The van der Waals surface area contributed by atoms with E-state index in [1.165, 1.54) is 24.3 Å². The highest BCUT2D eigenvalue weighted by Gasteiger charge is 2.10. The van der Waals surface area contributed by atoms with Gasteiger partial charge in [-0.2, -0.15) is 5.26 Å². The molecule has 0 radical (unpaired) electrons. The summed E-state index contributed by atoms with van der Waals surface area (Å²) in [6.07, 6.45) is 0. The third-order valence-corrected chi connectivity index (χ3v) is 2.22. The van der Waals surface area contributed by atoms with Gasteiger partial charge in [-0.25, -0.2) is 0 Å². The lowest BCUT2D eigenvalue weighted by Gasteiger charge is -2.04. The third kappa shape index (κ3) is 2.76. The van der Waals surface area contributed by atoms with Crippen LogP contribution in [0, 0.1) is 21.4 Å². The molecule has 86 valence electrons. The van der Waals surface area contributed by atoms with E-state index in [-0.39, 0.29) is 21.9 Å². The highest BCUT2D eigenvalue weighted by atomic mass is 32.1. The number of nitrogens with zero attached hydrogens (tertiary/aromatic N) is 2. The Balaban J connectivity index is 3.22. The Hall–Kier alpha value is -2.46. The summed E-state index contributed by atoms with van der Waals surface area (Å²) >= 11 is 4.67. The largest absolute Gasteiger partial charge is 0.397 e. The molecule has 0 atom stereocenters. The summed E-state index contributed by atoms with van der Waals surface area (Å²) in [5, 5.41) is 19.3. The predicted molar refractivity (Wildman–Crippen MR) is 66.6 cm³/mol. The van der Waals surface area contributed by atoms with Gasteiger partial charge in [0.25, 0.3) is 5.69 Å². The molecular formula is C10H8N4O2S. The fourth-order valence-corrected chi connectivity index (χ4v) is 1.31. The van der Waals surface area contributed by atoms with E-state index in [0.717, 1.165) is 0 Å². The molecule has 0 aliphatic heterocycles. The first-order valence-corrected chi connectivity index (χ1v) is 4.82. The number of non-ortho nitro benzene ring substituents is 1. The summed E-state index contributed by atoms with van der Waals surface area (Å²) in [6, 6.07) is 7.24. The van der Waals surface area contributed by atoms with Crippen molar-refractivity contribution in [2.45, 2.75) is 0 Å². The average Bonchev–Trinajstić information content (AvgIpc) is 2.29. The van der Waals surface area contributed by atoms with Crippen molar-refractivity contribution in [1.29, 1.82) is 5.26 Å². The van der Waals surface area contributed by atoms with Crippen LogP contribution >= 0.6 is 12.2 Å². The van der Waals surface area contributed by atoms with Crippen LogP contribution in [0.5, 0.6) is 0 Å². The van der Waals surface area contributed by atoms with Gasteiger partial charge in [0, 0.05) is 12.1 Å². The number of nitriles is 1. The van der Waals surface area contributed by atoms with E-state index in [2.05, 4.69) is 12.2 Å². The van der Waals surface area contributed by atoms with Crippen LogP contribution in [0.2, 0.25) is 0 Å². The van der Waals surface area contributed by atoms with Crippen molar-refractivity contribution in [1.82, 2.24) is 0 Å². The molecule has 1 aromatic carbocycles. The summed E-state index contributed by atoms with van der Waals surface area (Å²) in [5.74, 6) is 0. The Labute approximate surface area is 102 Å². The molecule has 0 spiro atoms. The normalized spacial score (nSPS) is 11.2. The molecule has 0 aliphatic carbocycles. The molecule has 0 heterocycles. The summed E-state index contributed by atoms with van der Waals surface area (Å²) in [6.45, 7) is 0. The Bertz CT molecular complexity index is 542. The number of thiocarbonyl (C=S) groups is 1. The van der Waals surface area contributed by atoms with Gasteiger partial charge in [-0.3, -0.25) is 10.1 Å². The summed E-state index contributed by atoms with van der Waals surface area (Å²) < 4.78 is 0. The van der Waals surface area contributed by atoms with Crippen molar-refractivity contribution in [2.24, 2.45) is 11.5 Å². The highest BCUT2D eigenvalue weighted by molar-refractivity contribution is 7.80. The first-order valence-electron chi connectivity index (χ1n) is 4.42. The molecule has 7 heteroatoms. The van der Waals surface area contributed by atoms with Gasteiger partial charge in [0.2, 0.25) is 0 Å². The standard InChI is InChI=1S/C10H8N4O2S/c11-5-8(10(13)17)9(12)6-1-3-7(4-2-6)14(15)16/h1-4H,12H2,(H2,13,17)/b9-8+. The molecule has 0 bridgehead atoms. The van der Waals surface area contributed by atoms with Gasteiger partial charge in [-0.05, 0) is 17.7 Å². The Morgan fingerprint density at radius 3 is 2.24 bits per heavy atom. The van der Waals surface area contributed by atoms with Crippen LogP contribution in [0.25, 0.3) is 5.70 Å². The molecule has 0 aliphatic rings. The molecule has 17 heavy (non-hydrogen) atoms. The number of nitro benzene ring substituents is 1. The van der Waals surface area contributed by atoms with Gasteiger partial charge >= 0.3 is 0 Å². The second kappa shape index (κ2) is 5.05. The van der Waals surface area contributed by atoms with E-state index in [4.69, 9.17) is 16.7 Å². The van der Waals surface area contributed by atoms with Crippen LogP contribution in [0.4, 0.5) is 5.69 Å². The number of rotatable bonds is 3. The van der Waals surface area contributed by atoms with Gasteiger partial charge in [-0.15, -0.1) is 0 Å². The first-order chi connectivity index (χ1) is 7.97.